The van der Waals surface area contributed by atoms with E-state index in [0.29, 0.717) is 12.6 Å². The molecule has 0 saturated heterocycles. The summed E-state index contributed by atoms with van der Waals surface area (Å²) in [5.41, 5.74) is 2.53. The van der Waals surface area contributed by atoms with E-state index in [2.05, 4.69) is 48.6 Å². The van der Waals surface area contributed by atoms with Gasteiger partial charge in [-0.1, -0.05) is 42.5 Å². The van der Waals surface area contributed by atoms with E-state index >= 15 is 0 Å². The van der Waals surface area contributed by atoms with Crippen LogP contribution in [0.4, 0.5) is 0 Å². The molecule has 2 aromatic rings. The van der Waals surface area contributed by atoms with Crippen molar-refractivity contribution in [1.29, 1.82) is 0 Å². The van der Waals surface area contributed by atoms with Crippen LogP contribution in [0.15, 0.2) is 54.6 Å². The van der Waals surface area contributed by atoms with Gasteiger partial charge in [-0.3, -0.25) is 0 Å². The van der Waals surface area contributed by atoms with Crippen LogP contribution >= 0.6 is 7.82 Å². The number of benzene rings is 2. The second kappa shape index (κ2) is 10.2. The van der Waals surface area contributed by atoms with Gasteiger partial charge in [-0.05, 0) is 37.2 Å². The Labute approximate surface area is 142 Å². The van der Waals surface area contributed by atoms with Crippen LogP contribution in [0.25, 0.3) is 0 Å². The van der Waals surface area contributed by atoms with Crippen molar-refractivity contribution in [3.05, 3.63) is 65.7 Å². The number of hydrogen-bond donors (Lipinski definition) is 4. The second-order valence-corrected chi connectivity index (χ2v) is 6.25. The van der Waals surface area contributed by atoms with Crippen molar-refractivity contribution in [2.45, 2.75) is 19.4 Å². The molecule has 0 aliphatic heterocycles. The molecule has 0 aliphatic rings. The zero-order valence-corrected chi connectivity index (χ0v) is 14.7. The summed E-state index contributed by atoms with van der Waals surface area (Å²) in [4.78, 5) is 21.6. The molecule has 2 aromatic carbocycles. The summed E-state index contributed by atoms with van der Waals surface area (Å²) in [7, 11) is -2.65. The average molecular weight is 353 g/mol. The number of hydrogen-bond acceptors (Lipinski definition) is 3. The standard InChI is InChI=1S/C17H21NO.H3O4P/c1-14-7-6-10-16(13-14)19-12-11-17(18-2)15-8-4-3-5-9-15;1-5(2,3)4/h3-10,13,17-18H,11-12H2,1-2H3;(H3,1,2,3,4). The number of ether oxygens (including phenoxy) is 1. The van der Waals surface area contributed by atoms with Gasteiger partial charge in [0.15, 0.2) is 0 Å². The van der Waals surface area contributed by atoms with E-state index in [1.807, 2.05) is 25.2 Å². The smallest absolute Gasteiger partial charge is 0.466 e. The average Bonchev–Trinajstić information content (AvgIpc) is 2.51. The monoisotopic (exact) mass is 353 g/mol. The molecule has 0 aromatic heterocycles. The summed E-state index contributed by atoms with van der Waals surface area (Å²) in [6.45, 7) is 2.79. The minimum absolute atomic E-state index is 0.339. The Balaban J connectivity index is 0.000000505. The quantitative estimate of drug-likeness (QED) is 0.596. The molecular formula is C17H24NO5P. The molecule has 0 radical (unpaired) electrons. The van der Waals surface area contributed by atoms with E-state index in [9.17, 15) is 0 Å². The van der Waals surface area contributed by atoms with E-state index in [4.69, 9.17) is 24.0 Å². The number of nitrogens with one attached hydrogen (secondary N) is 1. The van der Waals surface area contributed by atoms with Crippen molar-refractivity contribution < 1.29 is 24.0 Å². The van der Waals surface area contributed by atoms with Crippen molar-refractivity contribution in [1.82, 2.24) is 5.32 Å². The second-order valence-electron chi connectivity index (χ2n) is 5.22. The Morgan fingerprint density at radius 3 is 2.25 bits per heavy atom. The van der Waals surface area contributed by atoms with Crippen molar-refractivity contribution >= 4 is 7.82 Å². The van der Waals surface area contributed by atoms with Crippen LogP contribution in [0, 0.1) is 6.92 Å². The predicted octanol–water partition coefficient (Wildman–Crippen LogP) is 2.80. The molecule has 0 fully saturated rings. The summed E-state index contributed by atoms with van der Waals surface area (Å²) >= 11 is 0. The highest BCUT2D eigenvalue weighted by Crippen LogP contribution is 2.25. The fraction of sp³-hybridized carbons (Fsp3) is 0.294. The minimum atomic E-state index is -4.64. The van der Waals surface area contributed by atoms with Gasteiger partial charge in [0.2, 0.25) is 0 Å². The normalized spacial score (nSPS) is 12.0. The van der Waals surface area contributed by atoms with Crippen molar-refractivity contribution in [2.75, 3.05) is 13.7 Å². The third-order valence-corrected chi connectivity index (χ3v) is 3.22. The molecular weight excluding hydrogens is 329 g/mol. The van der Waals surface area contributed by atoms with Gasteiger partial charge in [0, 0.05) is 12.5 Å². The first-order valence-corrected chi connectivity index (χ1v) is 9.06. The van der Waals surface area contributed by atoms with Crippen molar-refractivity contribution in [2.24, 2.45) is 0 Å². The maximum atomic E-state index is 8.88. The first-order chi connectivity index (χ1) is 11.3. The fourth-order valence-corrected chi connectivity index (χ4v) is 2.16. The number of rotatable bonds is 6. The Morgan fingerprint density at radius 1 is 1.08 bits per heavy atom. The molecule has 0 aliphatic carbocycles. The van der Waals surface area contributed by atoms with Crippen molar-refractivity contribution in [3.8, 4) is 5.75 Å². The molecule has 7 heteroatoms. The van der Waals surface area contributed by atoms with Crippen LogP contribution < -0.4 is 10.1 Å². The van der Waals surface area contributed by atoms with Gasteiger partial charge in [-0.2, -0.15) is 0 Å². The van der Waals surface area contributed by atoms with Crippen LogP contribution in [0.5, 0.6) is 5.75 Å². The lowest BCUT2D eigenvalue weighted by molar-refractivity contribution is 0.275. The highest BCUT2D eigenvalue weighted by Gasteiger charge is 2.08. The van der Waals surface area contributed by atoms with Gasteiger partial charge in [0.05, 0.1) is 6.61 Å². The minimum Gasteiger partial charge on any atom is -0.494 e. The summed E-state index contributed by atoms with van der Waals surface area (Å²) in [5, 5.41) is 3.34. The maximum absolute atomic E-state index is 8.88. The van der Waals surface area contributed by atoms with E-state index in [-0.39, 0.29) is 0 Å². The summed E-state index contributed by atoms with van der Waals surface area (Å²) in [6, 6.07) is 19.0. The largest absolute Gasteiger partial charge is 0.494 e. The van der Waals surface area contributed by atoms with Crippen LogP contribution in [0.2, 0.25) is 0 Å². The number of phosphoric acid groups is 1. The van der Waals surface area contributed by atoms with Crippen molar-refractivity contribution in [3.63, 3.8) is 0 Å². The third kappa shape index (κ3) is 9.45. The Kier molecular flexibility index (Phi) is 8.68. The van der Waals surface area contributed by atoms with E-state index < -0.39 is 7.82 Å². The molecule has 0 spiro atoms. The molecule has 4 N–H and O–H groups in total. The summed E-state index contributed by atoms with van der Waals surface area (Å²) < 4.78 is 14.7. The lowest BCUT2D eigenvalue weighted by Gasteiger charge is -2.17. The lowest BCUT2D eigenvalue weighted by atomic mass is 10.0. The fourth-order valence-electron chi connectivity index (χ4n) is 2.16. The molecule has 1 unspecified atom stereocenters. The summed E-state index contributed by atoms with van der Waals surface area (Å²) in [5.74, 6) is 0.947. The number of aryl methyl sites for hydroxylation is 1. The van der Waals surface area contributed by atoms with Crippen LogP contribution in [0.1, 0.15) is 23.6 Å². The molecule has 0 amide bonds. The highest BCUT2D eigenvalue weighted by atomic mass is 31.2. The van der Waals surface area contributed by atoms with Crippen LogP contribution in [-0.2, 0) is 4.57 Å². The predicted molar refractivity (Wildman–Crippen MR) is 93.8 cm³/mol. The zero-order valence-electron chi connectivity index (χ0n) is 13.8. The highest BCUT2D eigenvalue weighted by molar-refractivity contribution is 7.45. The Morgan fingerprint density at radius 2 is 1.71 bits per heavy atom. The topological polar surface area (TPSA) is 99.0 Å². The van der Waals surface area contributed by atoms with Gasteiger partial charge in [0.1, 0.15) is 5.75 Å². The first-order valence-electron chi connectivity index (χ1n) is 7.49. The van der Waals surface area contributed by atoms with Crippen LogP contribution in [-0.4, -0.2) is 28.3 Å². The Hall–Kier alpha value is -1.69. The summed E-state index contributed by atoms with van der Waals surface area (Å²) in [6.07, 6.45) is 0.953. The first kappa shape index (κ1) is 20.4. The van der Waals surface area contributed by atoms with Gasteiger partial charge in [-0.15, -0.1) is 0 Å². The van der Waals surface area contributed by atoms with E-state index in [1.165, 1.54) is 11.1 Å². The van der Waals surface area contributed by atoms with E-state index in [1.54, 1.807) is 0 Å². The maximum Gasteiger partial charge on any atom is 0.466 e. The SMILES string of the molecule is CNC(CCOc1cccc(C)c1)c1ccccc1.O=P(O)(O)O. The molecule has 2 rings (SSSR count). The molecule has 132 valence electrons. The van der Waals surface area contributed by atoms with Gasteiger partial charge >= 0.3 is 7.82 Å². The van der Waals surface area contributed by atoms with E-state index in [0.717, 1.165) is 12.2 Å². The van der Waals surface area contributed by atoms with Gasteiger partial charge in [-0.25, -0.2) is 4.57 Å². The third-order valence-electron chi connectivity index (χ3n) is 3.22. The molecule has 6 nitrogen and oxygen atoms in total. The lowest BCUT2D eigenvalue weighted by Crippen LogP contribution is -2.19. The molecule has 0 saturated carbocycles. The van der Waals surface area contributed by atoms with Crippen LogP contribution in [0.3, 0.4) is 0 Å². The zero-order chi connectivity index (χ0) is 18.0. The van der Waals surface area contributed by atoms with Gasteiger partial charge in [0.25, 0.3) is 0 Å². The molecule has 24 heavy (non-hydrogen) atoms. The Bertz CT molecular complexity index is 636. The molecule has 1 atom stereocenters. The van der Waals surface area contributed by atoms with Gasteiger partial charge < -0.3 is 24.7 Å². The molecule has 0 heterocycles. The molecule has 0 bridgehead atoms.